The van der Waals surface area contributed by atoms with Gasteiger partial charge in [-0.15, -0.1) is 0 Å². The van der Waals surface area contributed by atoms with Crippen LogP contribution in [0.2, 0.25) is 10.0 Å². The van der Waals surface area contributed by atoms with E-state index >= 15 is 0 Å². The number of benzene rings is 1. The molecule has 1 N–H and O–H groups in total. The lowest BCUT2D eigenvalue weighted by atomic mass is 10.0. The van der Waals surface area contributed by atoms with Gasteiger partial charge in [0.2, 0.25) is 6.43 Å². The molecular weight excluding hydrogens is 471 g/mol. The second-order valence-corrected chi connectivity index (χ2v) is 8.78. The van der Waals surface area contributed by atoms with Crippen molar-refractivity contribution in [2.75, 3.05) is 18.0 Å². The minimum Gasteiger partial charge on any atom is -0.486 e. The maximum Gasteiger partial charge on any atom is 0.244 e. The second kappa shape index (κ2) is 8.76. The van der Waals surface area contributed by atoms with Crippen LogP contribution < -0.4 is 9.64 Å². The topological polar surface area (TPSA) is 66.9 Å². The number of pyridine rings is 2. The molecule has 0 aliphatic carbocycles. The van der Waals surface area contributed by atoms with Crippen LogP contribution >= 0.6 is 23.2 Å². The zero-order valence-electron chi connectivity index (χ0n) is 17.5. The third-order valence-electron chi connectivity index (χ3n) is 5.76. The molecule has 0 amide bonds. The number of nitrogens with one attached hydrogen (secondary N) is 1. The van der Waals surface area contributed by atoms with E-state index in [1.165, 1.54) is 12.4 Å². The van der Waals surface area contributed by atoms with Gasteiger partial charge < -0.3 is 9.64 Å². The Balaban J connectivity index is 1.38. The summed E-state index contributed by atoms with van der Waals surface area (Å²) in [6.07, 6.45) is 2.08. The Labute approximate surface area is 198 Å². The Kier molecular flexibility index (Phi) is 5.80. The maximum atomic E-state index is 12.7. The van der Waals surface area contributed by atoms with E-state index in [2.05, 4.69) is 20.2 Å². The summed E-state index contributed by atoms with van der Waals surface area (Å²) < 4.78 is 31.6. The number of halogens is 4. The van der Waals surface area contributed by atoms with Gasteiger partial charge in [0.25, 0.3) is 0 Å². The normalized spacial score (nSPS) is 15.2. The van der Waals surface area contributed by atoms with E-state index in [9.17, 15) is 8.78 Å². The standard InChI is InChI=1S/C23H19Cl2F2N5O/c1-12(21-17(24)8-28-9-18(21)25)33-15-3-4-19-16(6-15)22(31-30-19)13-2-5-20(29-7-13)32-10-14(11-32)23(26)27/h2-9,12,14,23H,10-11H2,1H3,(H,30,31)/t12-/m1/s1. The van der Waals surface area contributed by atoms with Crippen LogP contribution in [0.3, 0.4) is 0 Å². The molecule has 1 aromatic carbocycles. The molecular formula is C23H19Cl2F2N5O. The van der Waals surface area contributed by atoms with Crippen LogP contribution in [0.5, 0.6) is 5.75 Å². The number of hydrogen-bond donors (Lipinski definition) is 1. The summed E-state index contributed by atoms with van der Waals surface area (Å²) in [5.74, 6) is 0.726. The highest BCUT2D eigenvalue weighted by atomic mass is 35.5. The zero-order chi connectivity index (χ0) is 23.1. The molecule has 0 bridgehead atoms. The summed E-state index contributed by atoms with van der Waals surface area (Å²) in [5.41, 5.74) is 3.04. The van der Waals surface area contributed by atoms with Gasteiger partial charge in [0, 0.05) is 48.2 Å². The highest BCUT2D eigenvalue weighted by Gasteiger charge is 2.34. The van der Waals surface area contributed by atoms with Gasteiger partial charge >= 0.3 is 0 Å². The monoisotopic (exact) mass is 489 g/mol. The minimum atomic E-state index is -2.29. The first-order valence-electron chi connectivity index (χ1n) is 10.3. The van der Waals surface area contributed by atoms with Crippen molar-refractivity contribution in [3.8, 4) is 17.0 Å². The van der Waals surface area contributed by atoms with E-state index in [4.69, 9.17) is 27.9 Å². The van der Waals surface area contributed by atoms with Crippen LogP contribution in [-0.2, 0) is 0 Å². The lowest BCUT2D eigenvalue weighted by molar-refractivity contribution is 0.0611. The first-order valence-corrected chi connectivity index (χ1v) is 11.1. The van der Waals surface area contributed by atoms with Crippen LogP contribution in [0.4, 0.5) is 14.6 Å². The first kappa shape index (κ1) is 21.9. The third kappa shape index (κ3) is 4.20. The third-order valence-corrected chi connectivity index (χ3v) is 6.36. The Hall–Kier alpha value is -2.97. The van der Waals surface area contributed by atoms with Gasteiger partial charge in [-0.3, -0.25) is 10.1 Å². The molecule has 0 spiro atoms. The maximum absolute atomic E-state index is 12.7. The van der Waals surface area contributed by atoms with Crippen molar-refractivity contribution in [3.05, 3.63) is 64.5 Å². The number of anilines is 1. The van der Waals surface area contributed by atoms with E-state index in [-0.39, 0.29) is 0 Å². The summed E-state index contributed by atoms with van der Waals surface area (Å²) in [6, 6.07) is 9.34. The van der Waals surface area contributed by atoms with Crippen LogP contribution in [-0.4, -0.2) is 39.7 Å². The lowest BCUT2D eigenvalue weighted by Crippen LogP contribution is -2.50. The molecule has 170 valence electrons. The predicted molar refractivity (Wildman–Crippen MR) is 124 cm³/mol. The van der Waals surface area contributed by atoms with Crippen molar-refractivity contribution in [3.63, 3.8) is 0 Å². The molecule has 6 nitrogen and oxygen atoms in total. The molecule has 0 radical (unpaired) electrons. The van der Waals surface area contributed by atoms with Crippen molar-refractivity contribution in [1.29, 1.82) is 0 Å². The molecule has 33 heavy (non-hydrogen) atoms. The molecule has 1 fully saturated rings. The van der Waals surface area contributed by atoms with E-state index in [0.717, 1.165) is 22.2 Å². The molecule has 1 saturated heterocycles. The van der Waals surface area contributed by atoms with Crippen LogP contribution in [0.25, 0.3) is 22.2 Å². The Morgan fingerprint density at radius 2 is 1.85 bits per heavy atom. The molecule has 10 heteroatoms. The SMILES string of the molecule is C[C@@H](Oc1ccc2[nH]nc(-c3ccc(N4CC(C(F)F)C4)nc3)c2c1)c1c(Cl)cncc1Cl. The molecule has 0 saturated carbocycles. The number of aromatic amines is 1. The van der Waals surface area contributed by atoms with Crippen molar-refractivity contribution < 1.29 is 13.5 Å². The first-order chi connectivity index (χ1) is 15.9. The van der Waals surface area contributed by atoms with Gasteiger partial charge in [-0.05, 0) is 37.3 Å². The molecule has 3 aromatic heterocycles. The Morgan fingerprint density at radius 3 is 2.52 bits per heavy atom. The second-order valence-electron chi connectivity index (χ2n) is 7.96. The number of nitrogens with zero attached hydrogens (tertiary/aromatic N) is 4. The summed E-state index contributed by atoms with van der Waals surface area (Å²) in [5, 5.41) is 9.19. The van der Waals surface area contributed by atoms with Gasteiger partial charge in [0.15, 0.2) is 0 Å². The smallest absolute Gasteiger partial charge is 0.244 e. The van der Waals surface area contributed by atoms with Gasteiger partial charge in [0.1, 0.15) is 23.4 Å². The number of aromatic nitrogens is 4. The number of rotatable bonds is 6. The average Bonchev–Trinajstić information content (AvgIpc) is 3.16. The number of hydrogen-bond acceptors (Lipinski definition) is 5. The summed E-state index contributed by atoms with van der Waals surface area (Å²) >= 11 is 12.5. The number of alkyl halides is 2. The fraction of sp³-hybridized carbons (Fsp3) is 0.261. The van der Waals surface area contributed by atoms with E-state index in [1.54, 1.807) is 6.20 Å². The molecule has 5 rings (SSSR count). The molecule has 0 unspecified atom stereocenters. The average molecular weight is 490 g/mol. The van der Waals surface area contributed by atoms with E-state index < -0.39 is 18.4 Å². The fourth-order valence-electron chi connectivity index (χ4n) is 3.93. The summed E-state index contributed by atoms with van der Waals surface area (Å²) in [4.78, 5) is 10.3. The molecule has 4 aromatic rings. The van der Waals surface area contributed by atoms with Crippen molar-refractivity contribution in [2.45, 2.75) is 19.5 Å². The predicted octanol–water partition coefficient (Wildman–Crippen LogP) is 6.17. The van der Waals surface area contributed by atoms with Gasteiger partial charge in [0.05, 0.1) is 21.5 Å². The molecule has 1 atom stereocenters. The van der Waals surface area contributed by atoms with E-state index in [0.29, 0.717) is 40.3 Å². The van der Waals surface area contributed by atoms with E-state index in [1.807, 2.05) is 42.2 Å². The van der Waals surface area contributed by atoms with Crippen LogP contribution in [0, 0.1) is 5.92 Å². The zero-order valence-corrected chi connectivity index (χ0v) is 19.0. The Bertz CT molecular complexity index is 1270. The van der Waals surface area contributed by atoms with Crippen molar-refractivity contribution in [1.82, 2.24) is 20.2 Å². The summed E-state index contributed by atoms with van der Waals surface area (Å²) in [7, 11) is 0. The number of ether oxygens (including phenoxy) is 1. The number of fused-ring (bicyclic) bond motifs is 1. The largest absolute Gasteiger partial charge is 0.486 e. The van der Waals surface area contributed by atoms with Crippen LogP contribution in [0.15, 0.2) is 48.9 Å². The van der Waals surface area contributed by atoms with Gasteiger partial charge in [-0.2, -0.15) is 5.10 Å². The van der Waals surface area contributed by atoms with Crippen LogP contribution in [0.1, 0.15) is 18.6 Å². The molecule has 1 aliphatic heterocycles. The molecule has 4 heterocycles. The molecule has 1 aliphatic rings. The van der Waals surface area contributed by atoms with Gasteiger partial charge in [-0.1, -0.05) is 23.2 Å². The summed E-state index contributed by atoms with van der Waals surface area (Å²) in [6.45, 7) is 2.50. The fourth-order valence-corrected chi connectivity index (χ4v) is 4.60. The highest BCUT2D eigenvalue weighted by molar-refractivity contribution is 6.35. The Morgan fingerprint density at radius 1 is 1.09 bits per heavy atom. The minimum absolute atomic E-state index is 0.319. The lowest BCUT2D eigenvalue weighted by Gasteiger charge is -2.39. The van der Waals surface area contributed by atoms with Crippen molar-refractivity contribution >= 4 is 39.9 Å². The van der Waals surface area contributed by atoms with Crippen molar-refractivity contribution in [2.24, 2.45) is 5.92 Å². The van der Waals surface area contributed by atoms with Gasteiger partial charge in [-0.25, -0.2) is 13.8 Å². The number of H-pyrrole nitrogens is 1. The quantitative estimate of drug-likeness (QED) is 0.350. The highest BCUT2D eigenvalue weighted by Crippen LogP contribution is 2.35.